The number of piperazine rings is 1. The van der Waals surface area contributed by atoms with Crippen LogP contribution >= 0.6 is 11.8 Å². The summed E-state index contributed by atoms with van der Waals surface area (Å²) in [5, 5.41) is 0. The van der Waals surface area contributed by atoms with Gasteiger partial charge in [0.05, 0.1) is 5.56 Å². The molecule has 3 rings (SSSR count). The van der Waals surface area contributed by atoms with Crippen molar-refractivity contribution in [3.05, 3.63) is 59.7 Å². The third-order valence-electron chi connectivity index (χ3n) is 4.38. The fourth-order valence-corrected chi connectivity index (χ4v) is 5.16. The molecule has 1 fully saturated rings. The van der Waals surface area contributed by atoms with Gasteiger partial charge in [0.1, 0.15) is 11.6 Å². The molecule has 11 heteroatoms. The van der Waals surface area contributed by atoms with Crippen molar-refractivity contribution < 1.29 is 30.8 Å². The van der Waals surface area contributed by atoms with Gasteiger partial charge in [-0.3, -0.25) is 4.79 Å². The molecule has 0 N–H and O–H groups in total. The first kappa shape index (κ1) is 21.6. The number of alkyl halides is 2. The van der Waals surface area contributed by atoms with Gasteiger partial charge in [-0.2, -0.15) is 13.1 Å². The van der Waals surface area contributed by atoms with Crippen molar-refractivity contribution in [1.82, 2.24) is 9.21 Å². The van der Waals surface area contributed by atoms with Crippen molar-refractivity contribution in [2.24, 2.45) is 0 Å². The van der Waals surface area contributed by atoms with E-state index in [0.29, 0.717) is 0 Å². The highest BCUT2D eigenvalue weighted by Crippen LogP contribution is 2.30. The van der Waals surface area contributed by atoms with Gasteiger partial charge in [0, 0.05) is 31.1 Å². The molecule has 1 aliphatic heterocycles. The third kappa shape index (κ3) is 4.57. The van der Waals surface area contributed by atoms with Crippen LogP contribution in [-0.2, 0) is 10.0 Å². The molecular formula is C18H16F4N2O3S2. The van der Waals surface area contributed by atoms with Crippen molar-refractivity contribution in [3.63, 3.8) is 0 Å². The van der Waals surface area contributed by atoms with Gasteiger partial charge >= 0.3 is 0 Å². The van der Waals surface area contributed by atoms with Crippen LogP contribution < -0.4 is 0 Å². The molecule has 0 saturated carbocycles. The highest BCUT2D eigenvalue weighted by atomic mass is 32.2. The summed E-state index contributed by atoms with van der Waals surface area (Å²) in [5.41, 5.74) is 0.0919. The summed E-state index contributed by atoms with van der Waals surface area (Å²) in [4.78, 5) is 13.1. The second-order valence-corrected chi connectivity index (χ2v) is 9.03. The van der Waals surface area contributed by atoms with E-state index in [1.165, 1.54) is 23.1 Å². The predicted molar refractivity (Wildman–Crippen MR) is 99.3 cm³/mol. The zero-order valence-corrected chi connectivity index (χ0v) is 16.5. The monoisotopic (exact) mass is 448 g/mol. The Kier molecular flexibility index (Phi) is 6.49. The molecule has 156 valence electrons. The van der Waals surface area contributed by atoms with Crippen LogP contribution in [-0.4, -0.2) is 55.5 Å². The standard InChI is InChI=1S/C18H16F4N2O3S2/c19-13-5-3-6-14(20)16(13)29(26,27)24-10-8-23(9-11-24)17(25)12-4-1-2-7-15(12)28-18(21)22/h1-7,18H,8-11H2. The largest absolute Gasteiger partial charge is 0.336 e. The normalized spacial score (nSPS) is 15.7. The van der Waals surface area contributed by atoms with Crippen LogP contribution in [0.2, 0.25) is 0 Å². The first-order chi connectivity index (χ1) is 13.7. The van der Waals surface area contributed by atoms with Crippen LogP contribution in [0.3, 0.4) is 0 Å². The van der Waals surface area contributed by atoms with Gasteiger partial charge in [0.15, 0.2) is 4.90 Å². The predicted octanol–water partition coefficient (Wildman–Crippen LogP) is 3.43. The van der Waals surface area contributed by atoms with Crippen molar-refractivity contribution in [3.8, 4) is 0 Å². The molecule has 1 aliphatic rings. The van der Waals surface area contributed by atoms with E-state index >= 15 is 0 Å². The van der Waals surface area contributed by atoms with Crippen LogP contribution in [0, 0.1) is 11.6 Å². The summed E-state index contributed by atoms with van der Waals surface area (Å²) in [7, 11) is -4.42. The third-order valence-corrected chi connectivity index (χ3v) is 7.12. The molecule has 0 aromatic heterocycles. The molecule has 2 aromatic carbocycles. The number of hydrogen-bond acceptors (Lipinski definition) is 4. The lowest BCUT2D eigenvalue weighted by Gasteiger charge is -2.34. The highest BCUT2D eigenvalue weighted by Gasteiger charge is 2.34. The molecule has 2 aromatic rings. The summed E-state index contributed by atoms with van der Waals surface area (Å²) < 4.78 is 79.4. The zero-order valence-electron chi connectivity index (χ0n) is 14.9. The molecule has 1 heterocycles. The van der Waals surface area contributed by atoms with Crippen molar-refractivity contribution in [2.45, 2.75) is 15.5 Å². The second-order valence-electron chi connectivity index (χ2n) is 6.12. The van der Waals surface area contributed by atoms with Gasteiger partial charge in [-0.25, -0.2) is 17.2 Å². The molecule has 0 spiro atoms. The number of thioether (sulfide) groups is 1. The number of nitrogens with zero attached hydrogens (tertiary/aromatic N) is 2. The number of benzene rings is 2. The molecule has 1 amide bonds. The summed E-state index contributed by atoms with van der Waals surface area (Å²) in [6, 6.07) is 8.69. The Hall–Kier alpha value is -2.11. The highest BCUT2D eigenvalue weighted by molar-refractivity contribution is 7.99. The number of rotatable bonds is 5. The second kappa shape index (κ2) is 8.72. The molecule has 0 radical (unpaired) electrons. The maximum absolute atomic E-state index is 13.9. The molecule has 0 unspecified atom stereocenters. The molecule has 1 saturated heterocycles. The van der Waals surface area contributed by atoms with Gasteiger partial charge in [0.2, 0.25) is 10.0 Å². The van der Waals surface area contributed by atoms with E-state index < -0.39 is 38.2 Å². The maximum Gasteiger partial charge on any atom is 0.288 e. The van der Waals surface area contributed by atoms with E-state index in [-0.39, 0.29) is 48.4 Å². The van der Waals surface area contributed by atoms with Gasteiger partial charge in [-0.05, 0) is 24.3 Å². The van der Waals surface area contributed by atoms with Crippen molar-refractivity contribution >= 4 is 27.7 Å². The maximum atomic E-state index is 13.9. The summed E-state index contributed by atoms with van der Waals surface area (Å²) in [6.45, 7) is -0.429. The summed E-state index contributed by atoms with van der Waals surface area (Å²) in [5.74, 6) is -5.59. The minimum atomic E-state index is -4.42. The van der Waals surface area contributed by atoms with Crippen LogP contribution in [0.5, 0.6) is 0 Å². The number of sulfonamides is 1. The fourth-order valence-electron chi connectivity index (χ4n) is 3.00. The molecule has 29 heavy (non-hydrogen) atoms. The van der Waals surface area contributed by atoms with E-state index in [4.69, 9.17) is 0 Å². The van der Waals surface area contributed by atoms with Crippen LogP contribution in [0.4, 0.5) is 17.6 Å². The van der Waals surface area contributed by atoms with E-state index in [9.17, 15) is 30.8 Å². The van der Waals surface area contributed by atoms with Crippen LogP contribution in [0.25, 0.3) is 0 Å². The smallest absolute Gasteiger partial charge is 0.288 e. The van der Waals surface area contributed by atoms with Gasteiger partial charge in [0.25, 0.3) is 11.7 Å². The van der Waals surface area contributed by atoms with Crippen LogP contribution in [0.15, 0.2) is 52.3 Å². The van der Waals surface area contributed by atoms with E-state index in [2.05, 4.69) is 0 Å². The molecule has 0 bridgehead atoms. The Bertz CT molecular complexity index is 990. The molecule has 0 aliphatic carbocycles. The number of carbonyl (C=O) groups is 1. The minimum Gasteiger partial charge on any atom is -0.336 e. The number of carbonyl (C=O) groups excluding carboxylic acids is 1. The lowest BCUT2D eigenvalue weighted by molar-refractivity contribution is 0.0694. The summed E-state index contributed by atoms with van der Waals surface area (Å²) in [6.07, 6.45) is 0. The Morgan fingerprint density at radius 1 is 0.931 bits per heavy atom. The van der Waals surface area contributed by atoms with Gasteiger partial charge in [-0.1, -0.05) is 30.0 Å². The van der Waals surface area contributed by atoms with Gasteiger partial charge < -0.3 is 4.90 Å². The summed E-state index contributed by atoms with van der Waals surface area (Å²) >= 11 is 0.252. The number of hydrogen-bond donors (Lipinski definition) is 0. The topological polar surface area (TPSA) is 57.7 Å². The lowest BCUT2D eigenvalue weighted by Crippen LogP contribution is -2.50. The SMILES string of the molecule is O=C(c1ccccc1SC(F)F)N1CCN(S(=O)(=O)c2c(F)cccc2F)CC1. The fraction of sp³-hybridized carbons (Fsp3) is 0.278. The minimum absolute atomic E-state index is 0.0399. The average Bonchev–Trinajstić information content (AvgIpc) is 2.67. The van der Waals surface area contributed by atoms with Gasteiger partial charge in [-0.15, -0.1) is 0 Å². The lowest BCUT2D eigenvalue weighted by atomic mass is 10.2. The quantitative estimate of drug-likeness (QED) is 0.520. The number of halogens is 4. The van der Waals surface area contributed by atoms with E-state index in [1.54, 1.807) is 6.07 Å². The van der Waals surface area contributed by atoms with Crippen LogP contribution in [0.1, 0.15) is 10.4 Å². The molecule has 5 nitrogen and oxygen atoms in total. The van der Waals surface area contributed by atoms with E-state index in [1.807, 2.05) is 0 Å². The van der Waals surface area contributed by atoms with Crippen molar-refractivity contribution in [2.75, 3.05) is 26.2 Å². The van der Waals surface area contributed by atoms with E-state index in [0.717, 1.165) is 22.5 Å². The molecular weight excluding hydrogens is 432 g/mol. The number of amides is 1. The first-order valence-corrected chi connectivity index (χ1v) is 10.8. The zero-order chi connectivity index (χ0) is 21.2. The van der Waals surface area contributed by atoms with Crippen molar-refractivity contribution in [1.29, 1.82) is 0 Å². The Morgan fingerprint density at radius 2 is 1.52 bits per heavy atom. The Morgan fingerprint density at radius 3 is 2.10 bits per heavy atom. The first-order valence-electron chi connectivity index (χ1n) is 8.49. The average molecular weight is 448 g/mol. The molecule has 0 atom stereocenters. The Labute approximate surface area is 169 Å². The Balaban J connectivity index is 1.75.